The summed E-state index contributed by atoms with van der Waals surface area (Å²) in [5.74, 6) is 0.701. The van der Waals surface area contributed by atoms with Gasteiger partial charge in [-0.15, -0.1) is 0 Å². The zero-order valence-electron chi connectivity index (χ0n) is 11.7. The number of nitrogens with zero attached hydrogens (tertiary/aromatic N) is 1. The van der Waals surface area contributed by atoms with Crippen LogP contribution < -0.4 is 5.73 Å². The molecule has 1 aliphatic rings. The number of carbonyl (C=O) groups is 1. The van der Waals surface area contributed by atoms with E-state index in [4.69, 9.17) is 5.73 Å². The third-order valence-corrected chi connectivity index (χ3v) is 4.80. The van der Waals surface area contributed by atoms with Crippen LogP contribution in [-0.2, 0) is 0 Å². The zero-order chi connectivity index (χ0) is 14.7. The number of hydrogen-bond acceptors (Lipinski definition) is 3. The highest BCUT2D eigenvalue weighted by molar-refractivity contribution is 9.10. The quantitative estimate of drug-likeness (QED) is 0.888. The molecule has 20 heavy (non-hydrogen) atoms. The summed E-state index contributed by atoms with van der Waals surface area (Å²) >= 11 is 3.22. The number of hydrogen-bond donors (Lipinski definition) is 2. The van der Waals surface area contributed by atoms with Gasteiger partial charge in [-0.25, -0.2) is 0 Å². The van der Waals surface area contributed by atoms with E-state index in [0.29, 0.717) is 22.5 Å². The monoisotopic (exact) mass is 340 g/mol. The molecule has 1 fully saturated rings. The Bertz CT molecular complexity index is 493. The maximum absolute atomic E-state index is 12.6. The topological polar surface area (TPSA) is 66.6 Å². The zero-order valence-corrected chi connectivity index (χ0v) is 13.3. The van der Waals surface area contributed by atoms with Crippen LogP contribution in [0, 0.1) is 5.92 Å². The van der Waals surface area contributed by atoms with Crippen molar-refractivity contribution >= 4 is 21.8 Å². The number of halogens is 1. The number of nitrogens with two attached hydrogens (primary N) is 1. The van der Waals surface area contributed by atoms with Gasteiger partial charge in [-0.1, -0.05) is 13.3 Å². The van der Waals surface area contributed by atoms with Crippen molar-refractivity contribution in [2.75, 3.05) is 13.1 Å². The van der Waals surface area contributed by atoms with Crippen molar-refractivity contribution in [1.29, 1.82) is 0 Å². The first-order valence-corrected chi connectivity index (χ1v) is 7.85. The third kappa shape index (κ3) is 3.15. The summed E-state index contributed by atoms with van der Waals surface area (Å²) in [6.45, 7) is 3.42. The summed E-state index contributed by atoms with van der Waals surface area (Å²) in [7, 11) is 0. The molecule has 0 saturated carbocycles. The predicted octanol–water partition coefficient (Wildman–Crippen LogP) is 2.74. The SMILES string of the molecule is CCC1CCN(C(=O)c2ccc(Br)c(O)c2)C(CN)C1. The van der Waals surface area contributed by atoms with E-state index in [-0.39, 0.29) is 17.7 Å². The number of carbonyl (C=O) groups excluding carboxylic acids is 1. The van der Waals surface area contributed by atoms with Gasteiger partial charge in [-0.05, 0) is 52.9 Å². The third-order valence-electron chi connectivity index (χ3n) is 4.13. The summed E-state index contributed by atoms with van der Waals surface area (Å²) in [6.07, 6.45) is 3.14. The minimum atomic E-state index is -0.0437. The molecular weight excluding hydrogens is 320 g/mol. The Morgan fingerprint density at radius 1 is 1.55 bits per heavy atom. The summed E-state index contributed by atoms with van der Waals surface area (Å²) in [5.41, 5.74) is 6.34. The van der Waals surface area contributed by atoms with Gasteiger partial charge in [0, 0.05) is 24.7 Å². The van der Waals surface area contributed by atoms with E-state index in [1.54, 1.807) is 12.1 Å². The molecule has 1 aromatic carbocycles. The van der Waals surface area contributed by atoms with Crippen LogP contribution in [0.2, 0.25) is 0 Å². The fourth-order valence-corrected chi connectivity index (χ4v) is 3.05. The normalized spacial score (nSPS) is 22.9. The van der Waals surface area contributed by atoms with Crippen LogP contribution in [0.25, 0.3) is 0 Å². The number of likely N-dealkylation sites (tertiary alicyclic amines) is 1. The first kappa shape index (κ1) is 15.3. The van der Waals surface area contributed by atoms with Crippen LogP contribution in [0.15, 0.2) is 22.7 Å². The van der Waals surface area contributed by atoms with Crippen LogP contribution in [0.4, 0.5) is 0 Å². The second-order valence-electron chi connectivity index (χ2n) is 5.35. The lowest BCUT2D eigenvalue weighted by molar-refractivity contribution is 0.0558. The molecule has 1 heterocycles. The smallest absolute Gasteiger partial charge is 0.254 e. The van der Waals surface area contributed by atoms with Gasteiger partial charge in [0.15, 0.2) is 0 Å². The molecule has 0 spiro atoms. The number of piperidine rings is 1. The Balaban J connectivity index is 2.17. The Morgan fingerprint density at radius 3 is 2.90 bits per heavy atom. The fraction of sp³-hybridized carbons (Fsp3) is 0.533. The number of phenolic OH excluding ortho intramolecular Hbond substituents is 1. The number of phenols is 1. The summed E-state index contributed by atoms with van der Waals surface area (Å²) < 4.78 is 0.592. The van der Waals surface area contributed by atoms with E-state index in [9.17, 15) is 9.90 Å². The summed E-state index contributed by atoms with van der Waals surface area (Å²) in [5, 5.41) is 9.71. The van der Waals surface area contributed by atoms with Crippen LogP contribution in [-0.4, -0.2) is 35.0 Å². The van der Waals surface area contributed by atoms with Gasteiger partial charge in [0.25, 0.3) is 5.91 Å². The second kappa shape index (κ2) is 6.59. The van der Waals surface area contributed by atoms with Gasteiger partial charge in [-0.3, -0.25) is 4.79 Å². The van der Waals surface area contributed by atoms with E-state index in [0.717, 1.165) is 25.8 Å². The molecule has 3 N–H and O–H groups in total. The largest absolute Gasteiger partial charge is 0.507 e. The van der Waals surface area contributed by atoms with Crippen LogP contribution in [0.5, 0.6) is 5.75 Å². The van der Waals surface area contributed by atoms with Crippen molar-refractivity contribution in [3.8, 4) is 5.75 Å². The molecule has 0 aromatic heterocycles. The van der Waals surface area contributed by atoms with Gasteiger partial charge in [0.05, 0.1) is 4.47 Å². The lowest BCUT2D eigenvalue weighted by atomic mass is 9.88. The molecule has 0 aliphatic carbocycles. The molecule has 1 saturated heterocycles. The highest BCUT2D eigenvalue weighted by atomic mass is 79.9. The predicted molar refractivity (Wildman–Crippen MR) is 82.7 cm³/mol. The van der Waals surface area contributed by atoms with E-state index in [1.807, 2.05) is 4.90 Å². The Labute approximate surface area is 128 Å². The highest BCUT2D eigenvalue weighted by Gasteiger charge is 2.30. The van der Waals surface area contributed by atoms with Crippen molar-refractivity contribution in [1.82, 2.24) is 4.90 Å². The lowest BCUT2D eigenvalue weighted by Gasteiger charge is -2.39. The van der Waals surface area contributed by atoms with E-state index in [1.165, 1.54) is 6.07 Å². The molecule has 1 aromatic rings. The molecule has 110 valence electrons. The van der Waals surface area contributed by atoms with Crippen molar-refractivity contribution in [2.24, 2.45) is 11.7 Å². The molecule has 1 amide bonds. The first-order valence-electron chi connectivity index (χ1n) is 7.06. The Kier molecular flexibility index (Phi) is 5.05. The van der Waals surface area contributed by atoms with Gasteiger partial charge in [0.1, 0.15) is 5.75 Å². The Hall–Kier alpha value is -1.07. The van der Waals surface area contributed by atoms with E-state index in [2.05, 4.69) is 22.9 Å². The van der Waals surface area contributed by atoms with Gasteiger partial charge in [-0.2, -0.15) is 0 Å². The van der Waals surface area contributed by atoms with E-state index < -0.39 is 0 Å². The maximum atomic E-state index is 12.6. The first-order chi connectivity index (χ1) is 9.56. The number of aromatic hydroxyl groups is 1. The number of benzene rings is 1. The average Bonchev–Trinajstić information content (AvgIpc) is 2.48. The molecule has 0 bridgehead atoms. The standard InChI is InChI=1S/C15H21BrN2O2/c1-2-10-5-6-18(12(7-10)9-17)15(20)11-3-4-13(16)14(19)8-11/h3-4,8,10,12,19H,2,5-7,9,17H2,1H3. The number of rotatable bonds is 3. The highest BCUT2D eigenvalue weighted by Crippen LogP contribution is 2.28. The molecule has 2 rings (SSSR count). The van der Waals surface area contributed by atoms with Crippen molar-refractivity contribution in [3.63, 3.8) is 0 Å². The Morgan fingerprint density at radius 2 is 2.30 bits per heavy atom. The van der Waals surface area contributed by atoms with Gasteiger partial charge < -0.3 is 15.7 Å². The molecule has 1 aliphatic heterocycles. The van der Waals surface area contributed by atoms with Crippen LogP contribution in [0.3, 0.4) is 0 Å². The van der Waals surface area contributed by atoms with Crippen molar-refractivity contribution in [2.45, 2.75) is 32.2 Å². The second-order valence-corrected chi connectivity index (χ2v) is 6.21. The lowest BCUT2D eigenvalue weighted by Crippen LogP contribution is -2.49. The van der Waals surface area contributed by atoms with Gasteiger partial charge >= 0.3 is 0 Å². The number of amides is 1. The van der Waals surface area contributed by atoms with Crippen molar-refractivity contribution in [3.05, 3.63) is 28.2 Å². The average molecular weight is 341 g/mol. The van der Waals surface area contributed by atoms with Crippen LogP contribution in [0.1, 0.15) is 36.5 Å². The van der Waals surface area contributed by atoms with Crippen molar-refractivity contribution < 1.29 is 9.90 Å². The maximum Gasteiger partial charge on any atom is 0.254 e. The molecule has 4 nitrogen and oxygen atoms in total. The van der Waals surface area contributed by atoms with Crippen LogP contribution >= 0.6 is 15.9 Å². The van der Waals surface area contributed by atoms with E-state index >= 15 is 0 Å². The van der Waals surface area contributed by atoms with Gasteiger partial charge in [0.2, 0.25) is 0 Å². The minimum Gasteiger partial charge on any atom is -0.507 e. The molecule has 2 unspecified atom stereocenters. The minimum absolute atomic E-state index is 0.0437. The molecule has 5 heteroatoms. The molecule has 0 radical (unpaired) electrons. The molecular formula is C15H21BrN2O2. The molecule has 2 atom stereocenters. The fourth-order valence-electron chi connectivity index (χ4n) is 2.81. The summed E-state index contributed by atoms with van der Waals surface area (Å²) in [6, 6.07) is 5.03. The summed E-state index contributed by atoms with van der Waals surface area (Å²) in [4.78, 5) is 14.4.